The molecular formula is C6H4Cl2O4S. The zero-order valence-electron chi connectivity index (χ0n) is 6.03. The van der Waals surface area contributed by atoms with Crippen molar-refractivity contribution in [3.05, 3.63) is 22.2 Å². The molecular weight excluding hydrogens is 239 g/mol. The zero-order chi connectivity index (χ0) is 10.0. The van der Waals surface area contributed by atoms with Gasteiger partial charge in [-0.15, -0.1) is 4.33 Å². The number of aromatic hydroxyl groups is 1. The van der Waals surface area contributed by atoms with Crippen LogP contribution in [-0.2, 0) is 15.4 Å². The number of rotatable bonds is 2. The van der Waals surface area contributed by atoms with Crippen molar-refractivity contribution in [3.8, 4) is 5.75 Å². The molecule has 0 heterocycles. The number of hydrogen-bond acceptors (Lipinski definition) is 4. The molecule has 1 rings (SSSR count). The van der Waals surface area contributed by atoms with Crippen LogP contribution < -0.4 is 0 Å². The molecule has 0 unspecified atom stereocenters. The lowest BCUT2D eigenvalue weighted by molar-refractivity contribution is -0.124. The van der Waals surface area contributed by atoms with E-state index in [9.17, 15) is 4.21 Å². The molecule has 1 aromatic carbocycles. The van der Waals surface area contributed by atoms with Gasteiger partial charge in [0, 0.05) is 0 Å². The Bertz CT molecular complexity index is 331. The molecule has 1 aromatic rings. The summed E-state index contributed by atoms with van der Waals surface area (Å²) in [5.74, 6) is -0.304. The fourth-order valence-corrected chi connectivity index (χ4v) is 1.81. The summed E-state index contributed by atoms with van der Waals surface area (Å²) < 4.78 is 14.4. The summed E-state index contributed by atoms with van der Waals surface area (Å²) in [6.07, 6.45) is 0. The molecule has 0 fully saturated rings. The van der Waals surface area contributed by atoms with E-state index in [0.717, 1.165) is 0 Å². The highest BCUT2D eigenvalue weighted by molar-refractivity contribution is 7.80. The van der Waals surface area contributed by atoms with E-state index in [1.807, 2.05) is 0 Å². The molecule has 0 radical (unpaired) electrons. The smallest absolute Gasteiger partial charge is 0.219 e. The van der Waals surface area contributed by atoms with Gasteiger partial charge in [0.1, 0.15) is 0 Å². The van der Waals surface area contributed by atoms with Crippen LogP contribution in [0.3, 0.4) is 0 Å². The van der Waals surface area contributed by atoms with Crippen LogP contribution in [0, 0.1) is 0 Å². The van der Waals surface area contributed by atoms with Crippen molar-refractivity contribution in [1.29, 1.82) is 0 Å². The second kappa shape index (κ2) is 4.26. The molecule has 72 valence electrons. The van der Waals surface area contributed by atoms with Gasteiger partial charge >= 0.3 is 0 Å². The predicted molar refractivity (Wildman–Crippen MR) is 48.2 cm³/mol. The summed E-state index contributed by atoms with van der Waals surface area (Å²) in [5.41, 5.74) is 0. The monoisotopic (exact) mass is 242 g/mol. The first-order valence-corrected chi connectivity index (χ1v) is 4.81. The van der Waals surface area contributed by atoms with Gasteiger partial charge in [-0.3, -0.25) is 0 Å². The van der Waals surface area contributed by atoms with E-state index in [1.54, 1.807) is 0 Å². The van der Waals surface area contributed by atoms with Crippen LogP contribution in [0.5, 0.6) is 5.75 Å². The van der Waals surface area contributed by atoms with Crippen LogP contribution in [-0.4, -0.2) is 14.6 Å². The molecule has 7 heteroatoms. The maximum absolute atomic E-state index is 10.9. The van der Waals surface area contributed by atoms with Crippen LogP contribution >= 0.6 is 23.2 Å². The van der Waals surface area contributed by atoms with E-state index in [4.69, 9.17) is 33.6 Å². The van der Waals surface area contributed by atoms with Crippen LogP contribution in [0.15, 0.2) is 17.0 Å². The van der Waals surface area contributed by atoms with Crippen molar-refractivity contribution in [2.24, 2.45) is 0 Å². The highest BCUT2D eigenvalue weighted by atomic mass is 35.5. The number of halogens is 2. The predicted octanol–water partition coefficient (Wildman–Crippen LogP) is 2.21. The van der Waals surface area contributed by atoms with E-state index in [0.29, 0.717) is 0 Å². The normalized spacial score (nSPS) is 12.8. The Morgan fingerprint density at radius 3 is 2.15 bits per heavy atom. The average Bonchev–Trinajstić information content (AvgIpc) is 2.12. The Morgan fingerprint density at radius 1 is 1.31 bits per heavy atom. The van der Waals surface area contributed by atoms with Crippen LogP contribution in [0.1, 0.15) is 0 Å². The van der Waals surface area contributed by atoms with Gasteiger partial charge < -0.3 is 5.11 Å². The first kappa shape index (κ1) is 10.7. The van der Waals surface area contributed by atoms with Gasteiger partial charge in [0.15, 0.2) is 5.75 Å². The fraction of sp³-hybridized carbons (Fsp3) is 0. The molecule has 0 aliphatic carbocycles. The fourth-order valence-electron chi connectivity index (χ4n) is 0.682. The molecule has 0 saturated carbocycles. The van der Waals surface area contributed by atoms with Crippen molar-refractivity contribution < 1.29 is 18.9 Å². The zero-order valence-corrected chi connectivity index (χ0v) is 8.36. The van der Waals surface area contributed by atoms with Crippen molar-refractivity contribution in [2.45, 2.75) is 4.90 Å². The second-order valence-corrected chi connectivity index (χ2v) is 3.95. The van der Waals surface area contributed by atoms with Crippen molar-refractivity contribution in [3.63, 3.8) is 0 Å². The maximum Gasteiger partial charge on any atom is 0.219 e. The van der Waals surface area contributed by atoms with E-state index in [1.165, 1.54) is 12.1 Å². The topological polar surface area (TPSA) is 66.8 Å². The maximum atomic E-state index is 10.9. The quantitative estimate of drug-likeness (QED) is 0.617. The first-order valence-electron chi connectivity index (χ1n) is 2.98. The third-order valence-corrected chi connectivity index (χ3v) is 2.58. The van der Waals surface area contributed by atoms with Gasteiger partial charge in [-0.1, -0.05) is 23.2 Å². The Balaban J connectivity index is 3.20. The van der Waals surface area contributed by atoms with Gasteiger partial charge in [-0.25, -0.2) is 9.47 Å². The van der Waals surface area contributed by atoms with Gasteiger partial charge in [0.2, 0.25) is 11.1 Å². The summed E-state index contributed by atoms with van der Waals surface area (Å²) in [6, 6.07) is 2.35. The van der Waals surface area contributed by atoms with Crippen molar-refractivity contribution in [2.75, 3.05) is 0 Å². The molecule has 4 nitrogen and oxygen atoms in total. The van der Waals surface area contributed by atoms with Gasteiger partial charge in [-0.2, -0.15) is 0 Å². The molecule has 0 amide bonds. The van der Waals surface area contributed by atoms with Crippen LogP contribution in [0.25, 0.3) is 0 Å². The summed E-state index contributed by atoms with van der Waals surface area (Å²) in [4.78, 5) is 0.0651. The molecule has 0 aliphatic rings. The molecule has 0 aromatic heterocycles. The largest absolute Gasteiger partial charge is 0.505 e. The highest BCUT2D eigenvalue weighted by Gasteiger charge is 2.11. The minimum Gasteiger partial charge on any atom is -0.505 e. The van der Waals surface area contributed by atoms with Crippen LogP contribution in [0.4, 0.5) is 0 Å². The SMILES string of the molecule is O=[S@](OO)c1cc(Cl)c(O)c(Cl)c1. The molecule has 0 saturated heterocycles. The van der Waals surface area contributed by atoms with Crippen molar-refractivity contribution >= 4 is 34.3 Å². The summed E-state index contributed by atoms with van der Waals surface area (Å²) in [6.45, 7) is 0. The highest BCUT2D eigenvalue weighted by Crippen LogP contribution is 2.33. The van der Waals surface area contributed by atoms with E-state index < -0.39 is 11.1 Å². The van der Waals surface area contributed by atoms with Gasteiger partial charge in [0.05, 0.1) is 14.9 Å². The lowest BCUT2D eigenvalue weighted by atomic mass is 10.3. The number of benzene rings is 1. The third-order valence-electron chi connectivity index (χ3n) is 1.25. The molecule has 0 aliphatic heterocycles. The Morgan fingerprint density at radius 2 is 1.77 bits per heavy atom. The van der Waals surface area contributed by atoms with Gasteiger partial charge in [0.25, 0.3) is 0 Å². The molecule has 2 N–H and O–H groups in total. The van der Waals surface area contributed by atoms with Gasteiger partial charge in [-0.05, 0) is 12.1 Å². The minimum absolute atomic E-state index is 0.0621. The number of hydrogen-bond donors (Lipinski definition) is 2. The summed E-state index contributed by atoms with van der Waals surface area (Å²) >= 11 is 8.98. The Hall–Kier alpha value is -0.330. The van der Waals surface area contributed by atoms with E-state index in [-0.39, 0.29) is 20.7 Å². The third kappa shape index (κ3) is 2.32. The number of phenols is 1. The average molecular weight is 243 g/mol. The first-order chi connectivity index (χ1) is 6.06. The summed E-state index contributed by atoms with van der Waals surface area (Å²) in [5, 5.41) is 17.1. The lowest BCUT2D eigenvalue weighted by Gasteiger charge is -2.02. The summed E-state index contributed by atoms with van der Waals surface area (Å²) in [7, 11) is 0. The van der Waals surface area contributed by atoms with Crippen LogP contribution in [0.2, 0.25) is 10.0 Å². The molecule has 0 spiro atoms. The Kier molecular flexibility index (Phi) is 3.52. The molecule has 0 bridgehead atoms. The molecule has 13 heavy (non-hydrogen) atoms. The number of phenolic OH excluding ortho intramolecular Hbond substituents is 1. The second-order valence-electron chi connectivity index (χ2n) is 2.04. The van der Waals surface area contributed by atoms with Crippen molar-refractivity contribution in [1.82, 2.24) is 0 Å². The lowest BCUT2D eigenvalue weighted by Crippen LogP contribution is -1.93. The van der Waals surface area contributed by atoms with E-state index >= 15 is 0 Å². The Labute approximate surface area is 86.3 Å². The van der Waals surface area contributed by atoms with E-state index in [2.05, 4.69) is 4.33 Å². The minimum atomic E-state index is -2.04. The standard InChI is InChI=1S/C6H4Cl2O4S/c7-4-1-3(13(11)12-10)2-5(8)6(4)9/h1-2,9-10H/t13-/m1/s1. The molecule has 1 atom stereocenters.